The fourth-order valence-corrected chi connectivity index (χ4v) is 4.11. The van der Waals surface area contributed by atoms with Crippen LogP contribution in [-0.4, -0.2) is 38.7 Å². The molecule has 1 amide bonds. The number of hydrogen-bond donors (Lipinski definition) is 3. The first-order valence-electron chi connectivity index (χ1n) is 10.8. The van der Waals surface area contributed by atoms with Crippen molar-refractivity contribution in [1.82, 2.24) is 25.1 Å². The van der Waals surface area contributed by atoms with Crippen molar-refractivity contribution in [1.29, 1.82) is 0 Å². The Morgan fingerprint density at radius 3 is 2.62 bits per heavy atom. The van der Waals surface area contributed by atoms with Crippen molar-refractivity contribution in [3.05, 3.63) is 66.0 Å². The van der Waals surface area contributed by atoms with Crippen molar-refractivity contribution in [2.75, 3.05) is 24.1 Å². The third-order valence-electron chi connectivity index (χ3n) is 5.86. The number of amides is 1. The second-order valence-corrected chi connectivity index (χ2v) is 8.15. The molecule has 1 aliphatic rings. The summed E-state index contributed by atoms with van der Waals surface area (Å²) in [5, 5.41) is 12.0. The molecule has 0 saturated carbocycles. The third kappa shape index (κ3) is 3.80. The molecule has 1 aliphatic heterocycles. The molecule has 1 unspecified atom stereocenters. The van der Waals surface area contributed by atoms with Crippen LogP contribution >= 0.6 is 0 Å². The number of rotatable bonds is 4. The number of aromatic nitrogens is 4. The van der Waals surface area contributed by atoms with E-state index in [4.69, 9.17) is 10.8 Å². The average Bonchev–Trinajstić information content (AvgIpc) is 3.22. The van der Waals surface area contributed by atoms with Gasteiger partial charge in [0.25, 0.3) is 5.91 Å². The molecule has 1 saturated heterocycles. The van der Waals surface area contributed by atoms with Crippen molar-refractivity contribution in [3.8, 4) is 11.3 Å². The summed E-state index contributed by atoms with van der Waals surface area (Å²) in [6.07, 6.45) is 3.62. The summed E-state index contributed by atoms with van der Waals surface area (Å²) in [5.41, 5.74) is 11.1. The standard InChI is InChI=1S/C24H25N7O/c1-15-4-6-17(7-5-15)24(32)29-18-10-8-16(9-11-18)21-20-22(25)27-14-28-23(20)31(30-21)19-3-2-12-26-13-19/h4-11,14,19,26H,2-3,12-13H2,1H3,(H,29,32)(H2,25,27,28). The normalized spacial score (nSPS) is 16.2. The molecule has 4 N–H and O–H groups in total. The van der Waals surface area contributed by atoms with E-state index in [0.29, 0.717) is 17.1 Å². The highest BCUT2D eigenvalue weighted by Crippen LogP contribution is 2.33. The van der Waals surface area contributed by atoms with Crippen molar-refractivity contribution >= 4 is 28.4 Å². The maximum absolute atomic E-state index is 12.5. The molecular weight excluding hydrogens is 402 g/mol. The highest BCUT2D eigenvalue weighted by molar-refractivity contribution is 6.04. The zero-order chi connectivity index (χ0) is 22.1. The molecule has 8 heteroatoms. The van der Waals surface area contributed by atoms with Crippen molar-refractivity contribution in [3.63, 3.8) is 0 Å². The molecule has 0 bridgehead atoms. The summed E-state index contributed by atoms with van der Waals surface area (Å²) in [6.45, 7) is 3.87. The molecule has 1 atom stereocenters. The Bertz CT molecular complexity index is 1260. The molecule has 2 aromatic carbocycles. The number of carbonyl (C=O) groups is 1. The Labute approximate surface area is 185 Å². The van der Waals surface area contributed by atoms with E-state index in [1.165, 1.54) is 6.33 Å². The molecule has 8 nitrogen and oxygen atoms in total. The molecule has 162 valence electrons. The number of anilines is 2. The van der Waals surface area contributed by atoms with Crippen LogP contribution in [0.1, 0.15) is 34.8 Å². The van der Waals surface area contributed by atoms with Crippen LogP contribution < -0.4 is 16.4 Å². The van der Waals surface area contributed by atoms with E-state index in [9.17, 15) is 4.79 Å². The lowest BCUT2D eigenvalue weighted by atomic mass is 10.1. The number of benzene rings is 2. The van der Waals surface area contributed by atoms with Gasteiger partial charge in [-0.3, -0.25) is 4.79 Å². The monoisotopic (exact) mass is 427 g/mol. The minimum absolute atomic E-state index is 0.144. The van der Waals surface area contributed by atoms with Crippen LogP contribution in [0.2, 0.25) is 0 Å². The Balaban J connectivity index is 1.45. The first kappa shape index (κ1) is 20.1. The van der Waals surface area contributed by atoms with Gasteiger partial charge < -0.3 is 16.4 Å². The average molecular weight is 428 g/mol. The maximum atomic E-state index is 12.5. The molecule has 0 radical (unpaired) electrons. The lowest BCUT2D eigenvalue weighted by Gasteiger charge is -2.23. The van der Waals surface area contributed by atoms with E-state index in [-0.39, 0.29) is 11.9 Å². The van der Waals surface area contributed by atoms with E-state index in [1.54, 1.807) is 0 Å². The van der Waals surface area contributed by atoms with Gasteiger partial charge in [0.1, 0.15) is 17.8 Å². The van der Waals surface area contributed by atoms with E-state index in [2.05, 4.69) is 20.6 Å². The van der Waals surface area contributed by atoms with Gasteiger partial charge in [-0.25, -0.2) is 14.6 Å². The molecule has 0 aliphatic carbocycles. The fourth-order valence-electron chi connectivity index (χ4n) is 4.11. The number of nitrogens with two attached hydrogens (primary N) is 1. The number of nitrogens with one attached hydrogen (secondary N) is 2. The van der Waals surface area contributed by atoms with E-state index in [1.807, 2.05) is 60.1 Å². The smallest absolute Gasteiger partial charge is 0.255 e. The van der Waals surface area contributed by atoms with Crippen LogP contribution in [-0.2, 0) is 0 Å². The van der Waals surface area contributed by atoms with Gasteiger partial charge in [-0.1, -0.05) is 29.8 Å². The number of nitrogen functional groups attached to an aromatic ring is 1. The summed E-state index contributed by atoms with van der Waals surface area (Å²) in [4.78, 5) is 21.2. The number of hydrogen-bond acceptors (Lipinski definition) is 6. The summed E-state index contributed by atoms with van der Waals surface area (Å²) < 4.78 is 1.97. The van der Waals surface area contributed by atoms with Crippen molar-refractivity contribution < 1.29 is 4.79 Å². The fraction of sp³-hybridized carbons (Fsp3) is 0.250. The maximum Gasteiger partial charge on any atom is 0.255 e. The second-order valence-electron chi connectivity index (χ2n) is 8.15. The Hall–Kier alpha value is -3.78. The number of carbonyl (C=O) groups excluding carboxylic acids is 1. The predicted octanol–water partition coefficient (Wildman–Crippen LogP) is 3.56. The summed E-state index contributed by atoms with van der Waals surface area (Å²) in [5.74, 6) is 0.270. The lowest BCUT2D eigenvalue weighted by molar-refractivity contribution is 0.102. The van der Waals surface area contributed by atoms with Gasteiger partial charge in [0.2, 0.25) is 0 Å². The van der Waals surface area contributed by atoms with Gasteiger partial charge in [0, 0.05) is 23.4 Å². The van der Waals surface area contributed by atoms with Gasteiger partial charge in [-0.2, -0.15) is 5.10 Å². The van der Waals surface area contributed by atoms with Gasteiger partial charge in [-0.15, -0.1) is 0 Å². The molecule has 3 heterocycles. The minimum Gasteiger partial charge on any atom is -0.383 e. The van der Waals surface area contributed by atoms with E-state index in [0.717, 1.165) is 53.8 Å². The predicted molar refractivity (Wildman–Crippen MR) is 125 cm³/mol. The second kappa shape index (κ2) is 8.39. The zero-order valence-electron chi connectivity index (χ0n) is 17.9. The Morgan fingerprint density at radius 1 is 1.12 bits per heavy atom. The molecule has 4 aromatic rings. The first-order chi connectivity index (χ1) is 15.6. The molecular formula is C24H25N7O. The van der Waals surface area contributed by atoms with Crippen LogP contribution in [0.4, 0.5) is 11.5 Å². The SMILES string of the molecule is Cc1ccc(C(=O)Nc2ccc(-c3nn(C4CCCNC4)c4ncnc(N)c34)cc2)cc1. The summed E-state index contributed by atoms with van der Waals surface area (Å²) in [6, 6.07) is 15.3. The van der Waals surface area contributed by atoms with Crippen molar-refractivity contribution in [2.45, 2.75) is 25.8 Å². The molecule has 2 aromatic heterocycles. The zero-order valence-corrected chi connectivity index (χ0v) is 17.9. The number of piperidine rings is 1. The number of aryl methyl sites for hydroxylation is 1. The molecule has 5 rings (SSSR count). The van der Waals surface area contributed by atoms with Crippen molar-refractivity contribution in [2.24, 2.45) is 0 Å². The lowest BCUT2D eigenvalue weighted by Crippen LogP contribution is -2.32. The minimum atomic E-state index is -0.144. The third-order valence-corrected chi connectivity index (χ3v) is 5.86. The molecule has 1 fully saturated rings. The van der Waals surface area contributed by atoms with Crippen LogP contribution in [0.15, 0.2) is 54.9 Å². The Kier molecular flexibility index (Phi) is 5.28. The molecule has 0 spiro atoms. The first-order valence-corrected chi connectivity index (χ1v) is 10.8. The molecule has 32 heavy (non-hydrogen) atoms. The number of nitrogens with zero attached hydrogens (tertiary/aromatic N) is 4. The van der Waals surface area contributed by atoms with E-state index < -0.39 is 0 Å². The Morgan fingerprint density at radius 2 is 1.91 bits per heavy atom. The van der Waals surface area contributed by atoms with Gasteiger partial charge in [-0.05, 0) is 50.6 Å². The van der Waals surface area contributed by atoms with Crippen LogP contribution in [0.5, 0.6) is 0 Å². The largest absolute Gasteiger partial charge is 0.383 e. The van der Waals surface area contributed by atoms with Crippen LogP contribution in [0.3, 0.4) is 0 Å². The highest BCUT2D eigenvalue weighted by Gasteiger charge is 2.23. The van der Waals surface area contributed by atoms with Gasteiger partial charge >= 0.3 is 0 Å². The van der Waals surface area contributed by atoms with Gasteiger partial charge in [0.15, 0.2) is 5.65 Å². The van der Waals surface area contributed by atoms with Crippen LogP contribution in [0.25, 0.3) is 22.3 Å². The highest BCUT2D eigenvalue weighted by atomic mass is 16.1. The number of fused-ring (bicyclic) bond motifs is 1. The quantitative estimate of drug-likeness (QED) is 0.459. The van der Waals surface area contributed by atoms with Crippen LogP contribution in [0, 0.1) is 6.92 Å². The topological polar surface area (TPSA) is 111 Å². The van der Waals surface area contributed by atoms with E-state index >= 15 is 0 Å². The summed E-state index contributed by atoms with van der Waals surface area (Å²) >= 11 is 0. The summed E-state index contributed by atoms with van der Waals surface area (Å²) in [7, 11) is 0. The van der Waals surface area contributed by atoms with Gasteiger partial charge in [0.05, 0.1) is 11.4 Å².